The number of benzene rings is 2. The van der Waals surface area contributed by atoms with Crippen molar-refractivity contribution in [2.24, 2.45) is 0 Å². The van der Waals surface area contributed by atoms with E-state index in [1.54, 1.807) is 50.9 Å². The molecule has 4 heterocycles. The second-order valence-corrected chi connectivity index (χ2v) is 9.58. The van der Waals surface area contributed by atoms with Crippen molar-refractivity contribution < 1.29 is 18.6 Å². The van der Waals surface area contributed by atoms with E-state index in [0.717, 1.165) is 37.1 Å². The van der Waals surface area contributed by atoms with Crippen molar-refractivity contribution in [1.29, 1.82) is 0 Å². The summed E-state index contributed by atoms with van der Waals surface area (Å²) < 4.78 is 23.3. The summed E-state index contributed by atoms with van der Waals surface area (Å²) in [5.74, 6) is 2.74. The molecule has 9 heteroatoms. The number of ether oxygens (including phenoxy) is 3. The summed E-state index contributed by atoms with van der Waals surface area (Å²) in [5.41, 5.74) is 3.44. The number of hydrogen-bond donors (Lipinski definition) is 0. The van der Waals surface area contributed by atoms with Crippen LogP contribution in [0.4, 0.5) is 0 Å². The Kier molecular flexibility index (Phi) is 6.51. The molecule has 0 spiro atoms. The summed E-state index contributed by atoms with van der Waals surface area (Å²) in [6.45, 7) is 4.12. The molecular weight excluding hydrogens is 592 g/mol. The molecule has 6 rings (SSSR count). The highest BCUT2D eigenvalue weighted by Crippen LogP contribution is 2.43. The number of nitrogens with zero attached hydrogens (tertiary/aromatic N) is 2. The third-order valence-electron chi connectivity index (χ3n) is 5.56. The summed E-state index contributed by atoms with van der Waals surface area (Å²) >= 11 is 6.69. The lowest BCUT2D eigenvalue weighted by Crippen LogP contribution is -2.03. The van der Waals surface area contributed by atoms with E-state index in [1.807, 2.05) is 24.3 Å². The van der Waals surface area contributed by atoms with Crippen LogP contribution < -0.4 is 19.6 Å². The Balaban J connectivity index is 0.000000148. The Morgan fingerprint density at radius 2 is 1.53 bits per heavy atom. The van der Waals surface area contributed by atoms with Crippen molar-refractivity contribution in [2.75, 3.05) is 14.2 Å². The summed E-state index contributed by atoms with van der Waals surface area (Å²) in [6, 6.07) is 14.4. The Hall–Kier alpha value is -3.69. The minimum atomic E-state index is -0.112. The third-order valence-corrected chi connectivity index (χ3v) is 6.43. The highest BCUT2D eigenvalue weighted by molar-refractivity contribution is 9.10. The van der Waals surface area contributed by atoms with Gasteiger partial charge in [-0.2, -0.15) is 0 Å². The molecular formula is C27H18Br2N2O5. The minimum Gasteiger partial charge on any atom is -0.497 e. The van der Waals surface area contributed by atoms with Gasteiger partial charge in [0, 0.05) is 32.5 Å². The molecule has 3 aromatic heterocycles. The lowest BCUT2D eigenvalue weighted by Gasteiger charge is -2.21. The fourth-order valence-corrected chi connectivity index (χ4v) is 4.42. The van der Waals surface area contributed by atoms with Crippen LogP contribution in [-0.4, -0.2) is 24.2 Å². The summed E-state index contributed by atoms with van der Waals surface area (Å²) in [5, 5.41) is 0.937. The van der Waals surface area contributed by atoms with E-state index in [0.29, 0.717) is 33.7 Å². The van der Waals surface area contributed by atoms with Gasteiger partial charge in [-0.3, -0.25) is 4.79 Å². The molecule has 0 fully saturated rings. The van der Waals surface area contributed by atoms with Gasteiger partial charge in [-0.05, 0) is 86.0 Å². The van der Waals surface area contributed by atoms with Crippen LogP contribution in [0.15, 0.2) is 85.7 Å². The molecule has 7 nitrogen and oxygen atoms in total. The van der Waals surface area contributed by atoms with E-state index in [9.17, 15) is 4.79 Å². The molecule has 0 unspecified atom stereocenters. The van der Waals surface area contributed by atoms with Gasteiger partial charge in [0.05, 0.1) is 25.0 Å². The van der Waals surface area contributed by atoms with E-state index in [2.05, 4.69) is 48.4 Å². The third kappa shape index (κ3) is 4.47. The molecule has 1 aliphatic rings. The first-order chi connectivity index (χ1) is 17.4. The van der Waals surface area contributed by atoms with Crippen LogP contribution in [0, 0.1) is 0 Å². The van der Waals surface area contributed by atoms with Gasteiger partial charge in [0.1, 0.15) is 22.8 Å². The number of halogens is 2. The van der Waals surface area contributed by atoms with Crippen LogP contribution in [0.3, 0.4) is 0 Å². The Labute approximate surface area is 222 Å². The number of pyridine rings is 2. The highest BCUT2D eigenvalue weighted by atomic mass is 79.9. The first-order valence-electron chi connectivity index (χ1n) is 10.6. The first-order valence-corrected chi connectivity index (χ1v) is 12.2. The minimum absolute atomic E-state index is 0.112. The SMILES string of the molecule is C=C1c2cc(OC)ccc2Oc2ncc(Br)cc21.COc1ccc2oc3ncc(Br)cc3c(=O)c2c1. The second kappa shape index (κ2) is 9.75. The quantitative estimate of drug-likeness (QED) is 0.193. The van der Waals surface area contributed by atoms with E-state index in [4.69, 9.17) is 18.6 Å². The molecule has 0 bridgehead atoms. The molecule has 0 aliphatic carbocycles. The predicted octanol–water partition coefficient (Wildman–Crippen LogP) is 7.13. The maximum Gasteiger partial charge on any atom is 0.230 e. The van der Waals surface area contributed by atoms with Gasteiger partial charge >= 0.3 is 0 Å². The predicted molar refractivity (Wildman–Crippen MR) is 145 cm³/mol. The van der Waals surface area contributed by atoms with Crippen molar-refractivity contribution in [2.45, 2.75) is 0 Å². The van der Waals surface area contributed by atoms with Gasteiger partial charge in [-0.25, -0.2) is 9.97 Å². The molecule has 5 aromatic rings. The largest absolute Gasteiger partial charge is 0.497 e. The molecule has 0 saturated heterocycles. The molecule has 0 atom stereocenters. The second-order valence-electron chi connectivity index (χ2n) is 7.75. The van der Waals surface area contributed by atoms with Crippen molar-refractivity contribution >= 4 is 59.5 Å². The topological polar surface area (TPSA) is 83.7 Å². The van der Waals surface area contributed by atoms with Crippen molar-refractivity contribution in [1.82, 2.24) is 9.97 Å². The summed E-state index contributed by atoms with van der Waals surface area (Å²) in [7, 11) is 3.20. The Morgan fingerprint density at radius 3 is 2.31 bits per heavy atom. The molecule has 2 aromatic carbocycles. The molecule has 0 N–H and O–H groups in total. The molecule has 0 radical (unpaired) electrons. The zero-order valence-corrected chi connectivity index (χ0v) is 22.3. The lowest BCUT2D eigenvalue weighted by atomic mass is 9.97. The number of hydrogen-bond acceptors (Lipinski definition) is 7. The molecule has 36 heavy (non-hydrogen) atoms. The molecule has 0 amide bonds. The zero-order valence-electron chi connectivity index (χ0n) is 19.2. The van der Waals surface area contributed by atoms with Crippen LogP contribution in [0.25, 0.3) is 27.6 Å². The highest BCUT2D eigenvalue weighted by Gasteiger charge is 2.22. The van der Waals surface area contributed by atoms with Crippen molar-refractivity contribution in [3.63, 3.8) is 0 Å². The van der Waals surface area contributed by atoms with Crippen LogP contribution >= 0.6 is 31.9 Å². The summed E-state index contributed by atoms with van der Waals surface area (Å²) in [6.07, 6.45) is 3.31. The van der Waals surface area contributed by atoms with Crippen LogP contribution in [0.5, 0.6) is 23.1 Å². The normalized spacial score (nSPS) is 11.7. The number of fused-ring (bicyclic) bond motifs is 4. The lowest BCUT2D eigenvalue weighted by molar-refractivity contribution is 0.411. The van der Waals surface area contributed by atoms with Crippen LogP contribution in [0.2, 0.25) is 0 Å². The molecule has 180 valence electrons. The van der Waals surface area contributed by atoms with Gasteiger partial charge in [0.25, 0.3) is 0 Å². The number of rotatable bonds is 2. The smallest absolute Gasteiger partial charge is 0.230 e. The fraction of sp³-hybridized carbons (Fsp3) is 0.0741. The first kappa shape index (κ1) is 24.0. The standard InChI is InChI=1S/C14H10BrNO2.C13H8BrNO3/c1-8-11-6-10(17-2)3-4-13(11)18-14-12(8)5-9(15)7-16-14;1-17-8-2-3-11-9(5-8)12(16)10-4-7(14)6-15-13(10)18-11/h3-7H,1H2,2H3;2-6H,1H3. The van der Waals surface area contributed by atoms with E-state index >= 15 is 0 Å². The van der Waals surface area contributed by atoms with E-state index < -0.39 is 0 Å². The average molecular weight is 610 g/mol. The van der Waals surface area contributed by atoms with Crippen LogP contribution in [-0.2, 0) is 0 Å². The van der Waals surface area contributed by atoms with Gasteiger partial charge in [-0.15, -0.1) is 0 Å². The van der Waals surface area contributed by atoms with Gasteiger partial charge < -0.3 is 18.6 Å². The molecule has 0 saturated carbocycles. The van der Waals surface area contributed by atoms with Gasteiger partial charge in [0.2, 0.25) is 17.0 Å². The summed E-state index contributed by atoms with van der Waals surface area (Å²) in [4.78, 5) is 20.7. The van der Waals surface area contributed by atoms with Crippen LogP contribution in [0.1, 0.15) is 11.1 Å². The van der Waals surface area contributed by atoms with Gasteiger partial charge in [0.15, 0.2) is 0 Å². The number of aromatic nitrogens is 2. The molecule has 1 aliphatic heterocycles. The maximum absolute atomic E-state index is 12.3. The van der Waals surface area contributed by atoms with Crippen molar-refractivity contribution in [3.8, 4) is 23.1 Å². The maximum atomic E-state index is 12.3. The number of methoxy groups -OCH3 is 2. The Morgan fingerprint density at radius 1 is 0.833 bits per heavy atom. The monoisotopic (exact) mass is 608 g/mol. The van der Waals surface area contributed by atoms with Crippen molar-refractivity contribution in [3.05, 3.63) is 97.8 Å². The zero-order chi connectivity index (χ0) is 25.4. The fourth-order valence-electron chi connectivity index (χ4n) is 3.76. The average Bonchev–Trinajstić information content (AvgIpc) is 2.90. The van der Waals surface area contributed by atoms with E-state index in [1.165, 1.54) is 0 Å². The Bertz CT molecular complexity index is 1720. The van der Waals surface area contributed by atoms with E-state index in [-0.39, 0.29) is 5.43 Å². The van der Waals surface area contributed by atoms with Gasteiger partial charge in [-0.1, -0.05) is 6.58 Å².